The molecule has 24 heavy (non-hydrogen) atoms. The largest absolute Gasteiger partial charge is 0.336 e. The van der Waals surface area contributed by atoms with Crippen molar-refractivity contribution in [3.05, 3.63) is 34.9 Å². The Balaban J connectivity index is 0.00000208. The Morgan fingerprint density at radius 2 is 2.00 bits per heavy atom. The van der Waals surface area contributed by atoms with Gasteiger partial charge in [-0.1, -0.05) is 36.7 Å². The van der Waals surface area contributed by atoms with Gasteiger partial charge in [0.15, 0.2) is 0 Å². The lowest BCUT2D eigenvalue weighted by atomic mass is 9.84. The maximum atomic E-state index is 12.9. The number of rotatable bonds is 4. The summed E-state index contributed by atoms with van der Waals surface area (Å²) in [5.41, 5.74) is 1.11. The Bertz CT molecular complexity index is 546. The summed E-state index contributed by atoms with van der Waals surface area (Å²) < 4.78 is 0. The average Bonchev–Trinajstić information content (AvgIpc) is 3.05. The lowest BCUT2D eigenvalue weighted by Crippen LogP contribution is -2.35. The number of nitrogens with one attached hydrogen (secondary N) is 1. The van der Waals surface area contributed by atoms with Crippen molar-refractivity contribution in [2.45, 2.75) is 45.1 Å². The third-order valence-corrected chi connectivity index (χ3v) is 5.87. The van der Waals surface area contributed by atoms with E-state index in [0.29, 0.717) is 24.2 Å². The van der Waals surface area contributed by atoms with Gasteiger partial charge in [-0.05, 0) is 62.2 Å². The number of hydrogen-bond acceptors (Lipinski definition) is 2. The molecule has 2 heterocycles. The minimum Gasteiger partial charge on any atom is -0.336 e. The van der Waals surface area contributed by atoms with E-state index >= 15 is 0 Å². The number of likely N-dealkylation sites (tertiary alicyclic amines) is 1. The summed E-state index contributed by atoms with van der Waals surface area (Å²) in [7, 11) is 0. The fourth-order valence-electron chi connectivity index (χ4n) is 4.11. The van der Waals surface area contributed by atoms with E-state index in [-0.39, 0.29) is 18.4 Å². The number of hydrogen-bond donors (Lipinski definition) is 1. The van der Waals surface area contributed by atoms with Gasteiger partial charge in [0.2, 0.25) is 5.91 Å². The normalized spacial score (nSPS) is 22.9. The molecule has 1 amide bonds. The van der Waals surface area contributed by atoms with Crippen molar-refractivity contribution in [1.82, 2.24) is 10.2 Å². The first-order chi connectivity index (χ1) is 11.2. The first-order valence-corrected chi connectivity index (χ1v) is 9.29. The van der Waals surface area contributed by atoms with E-state index in [2.05, 4.69) is 23.2 Å². The van der Waals surface area contributed by atoms with Crippen molar-refractivity contribution < 1.29 is 4.79 Å². The Hall–Kier alpha value is -0.770. The third kappa shape index (κ3) is 4.44. The minimum atomic E-state index is 0. The number of piperidine rings is 1. The van der Waals surface area contributed by atoms with Crippen LogP contribution in [0.4, 0.5) is 0 Å². The molecule has 0 bridgehead atoms. The summed E-state index contributed by atoms with van der Waals surface area (Å²) in [5.74, 6) is 1.46. The van der Waals surface area contributed by atoms with Gasteiger partial charge in [0.05, 0.1) is 6.04 Å². The van der Waals surface area contributed by atoms with Crippen LogP contribution in [0.25, 0.3) is 0 Å². The second-order valence-electron chi connectivity index (χ2n) is 7.04. The second kappa shape index (κ2) is 9.07. The van der Waals surface area contributed by atoms with Crippen molar-refractivity contribution in [2.75, 3.05) is 19.6 Å². The topological polar surface area (TPSA) is 32.3 Å². The van der Waals surface area contributed by atoms with Gasteiger partial charge in [0, 0.05) is 18.0 Å². The highest BCUT2D eigenvalue weighted by Crippen LogP contribution is 2.37. The van der Waals surface area contributed by atoms with Crippen LogP contribution in [0.5, 0.6) is 0 Å². The van der Waals surface area contributed by atoms with E-state index in [0.717, 1.165) is 43.1 Å². The molecule has 0 aliphatic carbocycles. The van der Waals surface area contributed by atoms with Crippen molar-refractivity contribution in [2.24, 2.45) is 11.8 Å². The molecule has 0 radical (unpaired) electrons. The zero-order valence-corrected chi connectivity index (χ0v) is 15.9. The first kappa shape index (κ1) is 19.6. The van der Waals surface area contributed by atoms with Crippen molar-refractivity contribution in [1.29, 1.82) is 0 Å². The third-order valence-electron chi connectivity index (χ3n) is 5.52. The van der Waals surface area contributed by atoms with Gasteiger partial charge >= 0.3 is 0 Å². The van der Waals surface area contributed by atoms with Gasteiger partial charge in [0.1, 0.15) is 0 Å². The number of nitrogens with zero attached hydrogens (tertiary/aromatic N) is 1. The standard InChI is InChI=1S/C19H27ClN2O.ClH/c1-14(15-8-10-21-11-9-15)13-19(23)22-12-4-7-18(22)16-5-2-3-6-17(16)20;/h2-3,5-6,14-15,18,21H,4,7-13H2,1H3;1H. The summed E-state index contributed by atoms with van der Waals surface area (Å²) in [4.78, 5) is 14.9. The molecule has 2 atom stereocenters. The highest BCUT2D eigenvalue weighted by Gasteiger charge is 2.32. The molecule has 0 spiro atoms. The van der Waals surface area contributed by atoms with Crippen LogP contribution in [-0.4, -0.2) is 30.4 Å². The van der Waals surface area contributed by atoms with Gasteiger partial charge in [-0.15, -0.1) is 12.4 Å². The van der Waals surface area contributed by atoms with E-state index in [4.69, 9.17) is 11.6 Å². The Morgan fingerprint density at radius 3 is 2.71 bits per heavy atom. The van der Waals surface area contributed by atoms with Crippen LogP contribution < -0.4 is 5.32 Å². The monoisotopic (exact) mass is 370 g/mol. The molecule has 134 valence electrons. The fraction of sp³-hybridized carbons (Fsp3) is 0.632. The predicted molar refractivity (Wildman–Crippen MR) is 102 cm³/mol. The van der Waals surface area contributed by atoms with E-state index in [9.17, 15) is 4.79 Å². The molecule has 2 aliphatic rings. The summed E-state index contributed by atoms with van der Waals surface area (Å²) in [5, 5.41) is 4.18. The van der Waals surface area contributed by atoms with Crippen LogP contribution >= 0.6 is 24.0 Å². The van der Waals surface area contributed by atoms with Gasteiger partial charge in [-0.2, -0.15) is 0 Å². The van der Waals surface area contributed by atoms with E-state index in [1.807, 2.05) is 18.2 Å². The summed E-state index contributed by atoms with van der Waals surface area (Å²) in [6, 6.07) is 8.12. The molecule has 1 aromatic rings. The zero-order chi connectivity index (χ0) is 16.2. The van der Waals surface area contributed by atoms with Gasteiger partial charge in [0.25, 0.3) is 0 Å². The molecule has 2 aliphatic heterocycles. The molecule has 2 saturated heterocycles. The zero-order valence-electron chi connectivity index (χ0n) is 14.3. The van der Waals surface area contributed by atoms with Gasteiger partial charge in [-0.25, -0.2) is 0 Å². The average molecular weight is 371 g/mol. The van der Waals surface area contributed by atoms with Crippen molar-refractivity contribution in [3.63, 3.8) is 0 Å². The molecule has 1 N–H and O–H groups in total. The number of benzene rings is 1. The Morgan fingerprint density at radius 1 is 1.29 bits per heavy atom. The maximum absolute atomic E-state index is 12.9. The van der Waals surface area contributed by atoms with Crippen LogP contribution in [0, 0.1) is 11.8 Å². The molecule has 2 fully saturated rings. The molecular weight excluding hydrogens is 343 g/mol. The molecule has 3 rings (SSSR count). The van der Waals surface area contributed by atoms with Gasteiger partial charge in [-0.3, -0.25) is 4.79 Å². The molecule has 1 aromatic carbocycles. The number of amides is 1. The van der Waals surface area contributed by atoms with E-state index < -0.39 is 0 Å². The molecule has 0 saturated carbocycles. The van der Waals surface area contributed by atoms with E-state index in [1.165, 1.54) is 12.8 Å². The highest BCUT2D eigenvalue weighted by atomic mass is 35.5. The lowest BCUT2D eigenvalue weighted by Gasteiger charge is -2.31. The van der Waals surface area contributed by atoms with Crippen LogP contribution in [0.15, 0.2) is 24.3 Å². The Kier molecular flexibility index (Phi) is 7.39. The van der Waals surface area contributed by atoms with Crippen molar-refractivity contribution in [3.8, 4) is 0 Å². The molecule has 3 nitrogen and oxygen atoms in total. The molecule has 5 heteroatoms. The fourth-order valence-corrected chi connectivity index (χ4v) is 4.37. The quantitative estimate of drug-likeness (QED) is 0.848. The van der Waals surface area contributed by atoms with Crippen LogP contribution in [-0.2, 0) is 4.79 Å². The predicted octanol–water partition coefficient (Wildman–Crippen LogP) is 4.45. The highest BCUT2D eigenvalue weighted by molar-refractivity contribution is 6.31. The molecule has 2 unspecified atom stereocenters. The van der Waals surface area contributed by atoms with Gasteiger partial charge < -0.3 is 10.2 Å². The SMILES string of the molecule is CC(CC(=O)N1CCCC1c1ccccc1Cl)C1CCNCC1.Cl. The summed E-state index contributed by atoms with van der Waals surface area (Å²) >= 11 is 6.36. The molecule has 0 aromatic heterocycles. The number of halogens is 2. The molecular formula is C19H28Cl2N2O. The summed E-state index contributed by atoms with van der Waals surface area (Å²) in [6.45, 7) is 5.30. The minimum absolute atomic E-state index is 0. The van der Waals surface area contributed by atoms with Crippen LogP contribution in [0.1, 0.15) is 50.6 Å². The smallest absolute Gasteiger partial charge is 0.223 e. The number of carbonyl (C=O) groups is 1. The summed E-state index contributed by atoms with van der Waals surface area (Å²) in [6.07, 6.45) is 5.16. The first-order valence-electron chi connectivity index (χ1n) is 8.91. The van der Waals surface area contributed by atoms with Crippen LogP contribution in [0.2, 0.25) is 5.02 Å². The van der Waals surface area contributed by atoms with E-state index in [1.54, 1.807) is 0 Å². The van der Waals surface area contributed by atoms with Crippen LogP contribution in [0.3, 0.4) is 0 Å². The Labute approximate surface area is 156 Å². The number of carbonyl (C=O) groups excluding carboxylic acids is 1. The second-order valence-corrected chi connectivity index (χ2v) is 7.44. The lowest BCUT2D eigenvalue weighted by molar-refractivity contribution is -0.133. The van der Waals surface area contributed by atoms with Crippen molar-refractivity contribution >= 4 is 29.9 Å². The maximum Gasteiger partial charge on any atom is 0.223 e.